The Bertz CT molecular complexity index is 895. The highest BCUT2D eigenvalue weighted by Crippen LogP contribution is 2.32. The number of benzene rings is 3. The predicted molar refractivity (Wildman–Crippen MR) is 104 cm³/mol. The van der Waals surface area contributed by atoms with Gasteiger partial charge in [-0.3, -0.25) is 0 Å². The van der Waals surface area contributed by atoms with Crippen LogP contribution >= 0.6 is 0 Å². The van der Waals surface area contributed by atoms with Crippen LogP contribution in [0.1, 0.15) is 12.5 Å². The summed E-state index contributed by atoms with van der Waals surface area (Å²) in [5.74, 6) is 0.903. The molecule has 0 unspecified atom stereocenters. The molecule has 25 heavy (non-hydrogen) atoms. The molecule has 0 saturated heterocycles. The fraction of sp³-hybridized carbons (Fsp3) is 0.0870. The zero-order valence-electron chi connectivity index (χ0n) is 14.2. The van der Waals surface area contributed by atoms with Crippen molar-refractivity contribution < 1.29 is 0 Å². The van der Waals surface area contributed by atoms with E-state index in [1.165, 1.54) is 5.56 Å². The summed E-state index contributed by atoms with van der Waals surface area (Å²) in [7, 11) is 0. The van der Waals surface area contributed by atoms with Gasteiger partial charge in [-0.05, 0) is 12.0 Å². The van der Waals surface area contributed by atoms with Crippen LogP contribution in [0.2, 0.25) is 0 Å². The van der Waals surface area contributed by atoms with Gasteiger partial charge in [0.15, 0.2) is 0 Å². The summed E-state index contributed by atoms with van der Waals surface area (Å²) in [6.45, 7) is 2.17. The Balaban J connectivity index is 1.86. The van der Waals surface area contributed by atoms with Crippen LogP contribution in [0.5, 0.6) is 0 Å². The standard InChI is InChI=1S/C23H20N2/c1-2-17-13-15-20(16-14-17)23-24-21(18-9-5-3-6-10-18)22(25-23)19-11-7-4-8-12-19/h3-16H,2H2,1H3,(H,24,25). The second-order valence-electron chi connectivity index (χ2n) is 6.09. The van der Waals surface area contributed by atoms with E-state index in [1.54, 1.807) is 0 Å². The SMILES string of the molecule is CCc1ccc(-c2nc(-c3ccccc3)c(-c3ccccc3)[nH]2)cc1. The molecular formula is C23H20N2. The molecule has 0 saturated carbocycles. The average molecular weight is 324 g/mol. The van der Waals surface area contributed by atoms with Gasteiger partial charge in [0, 0.05) is 16.7 Å². The molecule has 4 aromatic rings. The average Bonchev–Trinajstić information content (AvgIpc) is 3.15. The lowest BCUT2D eigenvalue weighted by atomic mass is 10.1. The zero-order valence-corrected chi connectivity index (χ0v) is 14.2. The molecule has 0 atom stereocenters. The van der Waals surface area contributed by atoms with Gasteiger partial charge in [0.1, 0.15) is 5.82 Å². The molecule has 4 rings (SSSR count). The van der Waals surface area contributed by atoms with Gasteiger partial charge in [0.2, 0.25) is 0 Å². The van der Waals surface area contributed by atoms with Crippen molar-refractivity contribution in [3.05, 3.63) is 90.5 Å². The van der Waals surface area contributed by atoms with Crippen molar-refractivity contribution in [3.63, 3.8) is 0 Å². The molecule has 1 N–H and O–H groups in total. The molecule has 1 heterocycles. The first-order valence-electron chi connectivity index (χ1n) is 8.65. The number of rotatable bonds is 4. The zero-order chi connectivity index (χ0) is 17.1. The van der Waals surface area contributed by atoms with Gasteiger partial charge in [0.05, 0.1) is 11.4 Å². The van der Waals surface area contributed by atoms with Crippen molar-refractivity contribution in [1.29, 1.82) is 0 Å². The normalized spacial score (nSPS) is 10.8. The van der Waals surface area contributed by atoms with E-state index in [9.17, 15) is 0 Å². The monoisotopic (exact) mass is 324 g/mol. The Labute approximate surface area is 148 Å². The summed E-state index contributed by atoms with van der Waals surface area (Å²) in [4.78, 5) is 8.47. The lowest BCUT2D eigenvalue weighted by molar-refractivity contribution is 1.14. The molecule has 0 bridgehead atoms. The van der Waals surface area contributed by atoms with Crippen LogP contribution in [0.15, 0.2) is 84.9 Å². The number of aryl methyl sites for hydroxylation is 1. The number of nitrogens with one attached hydrogen (secondary N) is 1. The molecule has 0 spiro atoms. The minimum Gasteiger partial charge on any atom is -0.337 e. The Hall–Kier alpha value is -3.13. The first-order chi connectivity index (χ1) is 12.3. The number of aromatic amines is 1. The number of H-pyrrole nitrogens is 1. The van der Waals surface area contributed by atoms with Crippen molar-refractivity contribution in [1.82, 2.24) is 9.97 Å². The van der Waals surface area contributed by atoms with Crippen molar-refractivity contribution in [2.45, 2.75) is 13.3 Å². The van der Waals surface area contributed by atoms with E-state index in [0.29, 0.717) is 0 Å². The van der Waals surface area contributed by atoms with Gasteiger partial charge in [0.25, 0.3) is 0 Å². The molecule has 2 nitrogen and oxygen atoms in total. The van der Waals surface area contributed by atoms with Gasteiger partial charge >= 0.3 is 0 Å². The van der Waals surface area contributed by atoms with Crippen LogP contribution in [-0.4, -0.2) is 9.97 Å². The fourth-order valence-electron chi connectivity index (χ4n) is 3.03. The van der Waals surface area contributed by atoms with Crippen LogP contribution in [0, 0.1) is 0 Å². The van der Waals surface area contributed by atoms with Crippen LogP contribution in [0.3, 0.4) is 0 Å². The molecule has 1 aromatic heterocycles. The smallest absolute Gasteiger partial charge is 0.138 e. The summed E-state index contributed by atoms with van der Waals surface area (Å²) >= 11 is 0. The molecule has 0 aliphatic heterocycles. The van der Waals surface area contributed by atoms with E-state index >= 15 is 0 Å². The van der Waals surface area contributed by atoms with Crippen molar-refractivity contribution in [3.8, 4) is 33.9 Å². The van der Waals surface area contributed by atoms with Gasteiger partial charge in [-0.2, -0.15) is 0 Å². The lowest BCUT2D eigenvalue weighted by Crippen LogP contribution is -1.83. The third kappa shape index (κ3) is 3.11. The summed E-state index contributed by atoms with van der Waals surface area (Å²) < 4.78 is 0. The Morgan fingerprint density at radius 2 is 1.28 bits per heavy atom. The van der Waals surface area contributed by atoms with Gasteiger partial charge in [-0.25, -0.2) is 4.98 Å². The largest absolute Gasteiger partial charge is 0.337 e. The van der Waals surface area contributed by atoms with Gasteiger partial charge in [-0.1, -0.05) is 91.9 Å². The quantitative estimate of drug-likeness (QED) is 0.492. The van der Waals surface area contributed by atoms with Gasteiger partial charge < -0.3 is 4.98 Å². The van der Waals surface area contributed by atoms with Crippen LogP contribution < -0.4 is 0 Å². The Morgan fingerprint density at radius 1 is 0.680 bits per heavy atom. The number of imidazole rings is 1. The third-order valence-electron chi connectivity index (χ3n) is 4.45. The number of hydrogen-bond acceptors (Lipinski definition) is 1. The van der Waals surface area contributed by atoms with E-state index in [4.69, 9.17) is 4.98 Å². The molecule has 0 amide bonds. The second-order valence-corrected chi connectivity index (χ2v) is 6.09. The predicted octanol–water partition coefficient (Wildman–Crippen LogP) is 5.97. The molecular weight excluding hydrogens is 304 g/mol. The number of nitrogens with zero attached hydrogens (tertiary/aromatic N) is 1. The van der Waals surface area contributed by atoms with E-state index in [-0.39, 0.29) is 0 Å². The summed E-state index contributed by atoms with van der Waals surface area (Å²) in [6.07, 6.45) is 1.04. The maximum atomic E-state index is 4.93. The second kappa shape index (κ2) is 6.78. The summed E-state index contributed by atoms with van der Waals surface area (Å²) in [6, 6.07) is 29.3. The Kier molecular flexibility index (Phi) is 4.17. The van der Waals surface area contributed by atoms with Gasteiger partial charge in [-0.15, -0.1) is 0 Å². The van der Waals surface area contributed by atoms with E-state index < -0.39 is 0 Å². The minimum atomic E-state index is 0.903. The van der Waals surface area contributed by atoms with Crippen LogP contribution in [-0.2, 0) is 6.42 Å². The van der Waals surface area contributed by atoms with Crippen molar-refractivity contribution in [2.24, 2.45) is 0 Å². The molecule has 0 radical (unpaired) electrons. The molecule has 0 aliphatic rings. The highest BCUT2D eigenvalue weighted by atomic mass is 14.9. The van der Waals surface area contributed by atoms with E-state index in [0.717, 1.165) is 40.3 Å². The highest BCUT2D eigenvalue weighted by Gasteiger charge is 2.14. The first-order valence-corrected chi connectivity index (χ1v) is 8.65. The van der Waals surface area contributed by atoms with E-state index in [1.807, 2.05) is 12.1 Å². The minimum absolute atomic E-state index is 0.903. The molecule has 122 valence electrons. The van der Waals surface area contributed by atoms with Crippen LogP contribution in [0.25, 0.3) is 33.9 Å². The lowest BCUT2D eigenvalue weighted by Gasteiger charge is -2.02. The topological polar surface area (TPSA) is 28.7 Å². The summed E-state index contributed by atoms with van der Waals surface area (Å²) in [5.41, 5.74) is 6.75. The Morgan fingerprint density at radius 3 is 1.88 bits per heavy atom. The van der Waals surface area contributed by atoms with Crippen molar-refractivity contribution >= 4 is 0 Å². The molecule has 0 aliphatic carbocycles. The third-order valence-corrected chi connectivity index (χ3v) is 4.45. The van der Waals surface area contributed by atoms with E-state index in [2.05, 4.69) is 84.7 Å². The number of aromatic nitrogens is 2. The summed E-state index contributed by atoms with van der Waals surface area (Å²) in [5, 5.41) is 0. The molecule has 2 heteroatoms. The number of hydrogen-bond donors (Lipinski definition) is 1. The van der Waals surface area contributed by atoms with Crippen LogP contribution in [0.4, 0.5) is 0 Å². The highest BCUT2D eigenvalue weighted by molar-refractivity contribution is 5.81. The maximum Gasteiger partial charge on any atom is 0.138 e. The maximum absolute atomic E-state index is 4.93. The molecule has 3 aromatic carbocycles. The van der Waals surface area contributed by atoms with Crippen molar-refractivity contribution in [2.75, 3.05) is 0 Å². The molecule has 0 fully saturated rings. The fourth-order valence-corrected chi connectivity index (χ4v) is 3.03. The first kappa shape index (κ1) is 15.4.